The van der Waals surface area contributed by atoms with Gasteiger partial charge in [-0.25, -0.2) is 13.2 Å². The van der Waals surface area contributed by atoms with Crippen molar-refractivity contribution in [2.45, 2.75) is 38.1 Å². The molecule has 1 amide bonds. The minimum absolute atomic E-state index is 0.0484. The Balaban J connectivity index is 1.70. The molecule has 1 unspecified atom stereocenters. The Bertz CT molecular complexity index is 1240. The number of fused-ring (bicyclic) bond motifs is 1. The first kappa shape index (κ1) is 23.9. The highest BCUT2D eigenvalue weighted by Crippen LogP contribution is 2.23. The second kappa shape index (κ2) is 9.83. The van der Waals surface area contributed by atoms with Crippen LogP contribution in [0.15, 0.2) is 52.4 Å². The second-order valence-electron chi connectivity index (χ2n) is 7.66. The lowest BCUT2D eigenvalue weighted by molar-refractivity contribution is -0.148. The zero-order valence-corrected chi connectivity index (χ0v) is 19.3. The maximum atomic E-state index is 12.8. The Morgan fingerprint density at radius 2 is 1.85 bits per heavy atom. The topological polar surface area (TPSA) is 129 Å². The van der Waals surface area contributed by atoms with Gasteiger partial charge in [0, 0.05) is 17.8 Å². The van der Waals surface area contributed by atoms with E-state index >= 15 is 0 Å². The molecular weight excluding hydrogens is 444 g/mol. The normalized spacial score (nSPS) is 15.8. The van der Waals surface area contributed by atoms with Crippen molar-refractivity contribution in [1.82, 2.24) is 4.72 Å². The summed E-state index contributed by atoms with van der Waals surface area (Å²) in [5.41, 5.74) is 2.90. The van der Waals surface area contributed by atoms with Gasteiger partial charge < -0.3 is 9.64 Å². The predicted molar refractivity (Wildman–Crippen MR) is 122 cm³/mol. The van der Waals surface area contributed by atoms with Gasteiger partial charge in [0.1, 0.15) is 11.9 Å². The number of ether oxygens (including phenoxy) is 1. The van der Waals surface area contributed by atoms with Gasteiger partial charge in [-0.3, -0.25) is 14.5 Å². The van der Waals surface area contributed by atoms with E-state index in [-0.39, 0.29) is 23.7 Å². The van der Waals surface area contributed by atoms with Crippen molar-refractivity contribution in [1.29, 1.82) is 5.26 Å². The molecule has 0 fully saturated rings. The maximum absolute atomic E-state index is 12.8. The molecule has 1 aliphatic heterocycles. The molecule has 33 heavy (non-hydrogen) atoms. The molecule has 0 aromatic heterocycles. The van der Waals surface area contributed by atoms with E-state index < -0.39 is 34.5 Å². The van der Waals surface area contributed by atoms with Gasteiger partial charge >= 0.3 is 5.97 Å². The van der Waals surface area contributed by atoms with Gasteiger partial charge in [0.05, 0.1) is 17.4 Å². The number of hydrogen-bond acceptors (Lipinski definition) is 7. The summed E-state index contributed by atoms with van der Waals surface area (Å²) in [5.74, 6) is -1.21. The fourth-order valence-electron chi connectivity index (χ4n) is 3.47. The summed E-state index contributed by atoms with van der Waals surface area (Å²) in [5, 5.41) is 8.95. The third-order valence-electron chi connectivity index (χ3n) is 4.93. The monoisotopic (exact) mass is 468 g/mol. The van der Waals surface area contributed by atoms with E-state index in [0.29, 0.717) is 11.3 Å². The van der Waals surface area contributed by atoms with Crippen LogP contribution in [0.5, 0.6) is 0 Å². The molecule has 0 saturated heterocycles. The fraction of sp³-hybridized carbons (Fsp3) is 0.304. The van der Waals surface area contributed by atoms with Crippen molar-refractivity contribution in [3.05, 3.63) is 59.2 Å². The Kier molecular flexibility index (Phi) is 7.13. The number of carbonyl (C=O) groups excluding carboxylic acids is 2. The van der Waals surface area contributed by atoms with Crippen LogP contribution < -0.4 is 9.62 Å². The first-order valence-corrected chi connectivity index (χ1v) is 11.7. The smallest absolute Gasteiger partial charge is 0.331 e. The van der Waals surface area contributed by atoms with Crippen LogP contribution >= 0.6 is 0 Å². The van der Waals surface area contributed by atoms with Gasteiger partial charge in [0.15, 0.2) is 6.61 Å². The molecule has 0 saturated carbocycles. The highest BCUT2D eigenvalue weighted by atomic mass is 32.2. The summed E-state index contributed by atoms with van der Waals surface area (Å²) in [6.45, 7) is 4.88. The third kappa shape index (κ3) is 5.56. The molecule has 1 heterocycles. The Morgan fingerprint density at radius 1 is 1.18 bits per heavy atom. The van der Waals surface area contributed by atoms with E-state index in [4.69, 9.17) is 10.00 Å². The van der Waals surface area contributed by atoms with E-state index in [9.17, 15) is 18.0 Å². The number of nitriles is 1. The standard InChI is InChI=1S/C23H24N4O5S/c1-15-11-16(2)13-18(12-15)27(10-6-9-24)21(28)14-32-23(29)17(3)25-22-19-7-4-5-8-20(19)33(30,31)26-22/h4-5,7-8,11-13,17H,6,10,14H2,1-3H3,(H,25,26). The van der Waals surface area contributed by atoms with Gasteiger partial charge in [0.2, 0.25) is 0 Å². The number of esters is 1. The first-order valence-electron chi connectivity index (χ1n) is 10.2. The zero-order chi connectivity index (χ0) is 24.2. The lowest BCUT2D eigenvalue weighted by Crippen LogP contribution is -2.36. The van der Waals surface area contributed by atoms with Crippen LogP contribution in [-0.2, 0) is 24.3 Å². The number of anilines is 1. The quantitative estimate of drug-likeness (QED) is 0.621. The zero-order valence-electron chi connectivity index (χ0n) is 18.5. The average molecular weight is 469 g/mol. The third-order valence-corrected chi connectivity index (χ3v) is 6.33. The number of amides is 1. The highest BCUT2D eigenvalue weighted by molar-refractivity contribution is 7.90. The second-order valence-corrected chi connectivity index (χ2v) is 9.31. The predicted octanol–water partition coefficient (Wildman–Crippen LogP) is 2.22. The number of nitrogens with zero attached hydrogens (tertiary/aromatic N) is 3. The van der Waals surface area contributed by atoms with Crippen LogP contribution in [0.3, 0.4) is 0 Å². The van der Waals surface area contributed by atoms with Crippen LogP contribution in [0.1, 0.15) is 30.0 Å². The van der Waals surface area contributed by atoms with Crippen LogP contribution in [0, 0.1) is 25.2 Å². The van der Waals surface area contributed by atoms with Crippen molar-refractivity contribution < 1.29 is 22.7 Å². The fourth-order valence-corrected chi connectivity index (χ4v) is 4.71. The molecule has 0 aliphatic carbocycles. The van der Waals surface area contributed by atoms with Crippen LogP contribution in [0.2, 0.25) is 0 Å². The molecule has 1 aliphatic rings. The van der Waals surface area contributed by atoms with Gasteiger partial charge in [-0.1, -0.05) is 18.2 Å². The highest BCUT2D eigenvalue weighted by Gasteiger charge is 2.31. The number of sulfonamides is 1. The summed E-state index contributed by atoms with van der Waals surface area (Å²) < 4.78 is 31.9. The summed E-state index contributed by atoms with van der Waals surface area (Å²) in [7, 11) is -3.73. The Hall–Kier alpha value is -3.71. The molecule has 0 spiro atoms. The number of benzene rings is 2. The number of carbonyl (C=O) groups is 2. The molecular formula is C23H24N4O5S. The molecule has 9 nitrogen and oxygen atoms in total. The van der Waals surface area contributed by atoms with Crippen molar-refractivity contribution in [3.8, 4) is 6.07 Å². The molecule has 2 aromatic rings. The van der Waals surface area contributed by atoms with Gasteiger partial charge in [-0.05, 0) is 56.2 Å². The van der Waals surface area contributed by atoms with E-state index in [0.717, 1.165) is 11.1 Å². The number of aliphatic imine (C=N–C) groups is 1. The van der Waals surface area contributed by atoms with Crippen molar-refractivity contribution in [2.24, 2.45) is 4.99 Å². The number of hydrogen-bond donors (Lipinski definition) is 1. The lowest BCUT2D eigenvalue weighted by atomic mass is 10.1. The molecule has 172 valence electrons. The van der Waals surface area contributed by atoms with Crippen molar-refractivity contribution >= 4 is 33.4 Å². The summed E-state index contributed by atoms with van der Waals surface area (Å²) in [4.78, 5) is 30.9. The van der Waals surface area contributed by atoms with Gasteiger partial charge in [-0.15, -0.1) is 0 Å². The number of nitrogens with one attached hydrogen (secondary N) is 1. The van der Waals surface area contributed by atoms with Crippen molar-refractivity contribution in [2.75, 3.05) is 18.1 Å². The number of aryl methyl sites for hydroxylation is 2. The number of rotatable bonds is 7. The molecule has 1 N–H and O–H groups in total. The Labute approximate surface area is 192 Å². The van der Waals surface area contributed by atoms with Crippen LogP contribution in [0.4, 0.5) is 5.69 Å². The molecule has 3 rings (SSSR count). The van der Waals surface area contributed by atoms with Crippen LogP contribution in [-0.4, -0.2) is 45.3 Å². The van der Waals surface area contributed by atoms with Crippen LogP contribution in [0.25, 0.3) is 0 Å². The minimum Gasteiger partial charge on any atom is -0.454 e. The molecule has 10 heteroatoms. The number of amidine groups is 1. The van der Waals surface area contributed by atoms with E-state index in [2.05, 4.69) is 9.71 Å². The average Bonchev–Trinajstić information content (AvgIpc) is 3.01. The maximum Gasteiger partial charge on any atom is 0.331 e. The lowest BCUT2D eigenvalue weighted by Gasteiger charge is -2.23. The largest absolute Gasteiger partial charge is 0.454 e. The summed E-state index contributed by atoms with van der Waals surface area (Å²) in [6.07, 6.45) is 0.121. The SMILES string of the molecule is Cc1cc(C)cc(N(CCC#N)C(=O)COC(=O)C(C)N=C2NS(=O)(=O)c3ccccc32)c1. The van der Waals surface area contributed by atoms with Gasteiger partial charge in [-0.2, -0.15) is 5.26 Å². The Morgan fingerprint density at radius 3 is 2.52 bits per heavy atom. The van der Waals surface area contributed by atoms with E-state index in [1.54, 1.807) is 18.2 Å². The van der Waals surface area contributed by atoms with E-state index in [1.165, 1.54) is 17.9 Å². The molecule has 2 aromatic carbocycles. The minimum atomic E-state index is -3.73. The van der Waals surface area contributed by atoms with E-state index in [1.807, 2.05) is 38.1 Å². The molecule has 1 atom stereocenters. The summed E-state index contributed by atoms with van der Waals surface area (Å²) >= 11 is 0. The van der Waals surface area contributed by atoms with Gasteiger partial charge in [0.25, 0.3) is 15.9 Å². The summed E-state index contributed by atoms with van der Waals surface area (Å²) in [6, 6.07) is 12.9. The van der Waals surface area contributed by atoms with Crippen molar-refractivity contribution in [3.63, 3.8) is 0 Å². The molecule has 0 radical (unpaired) electrons. The first-order chi connectivity index (χ1) is 15.6. The molecule has 0 bridgehead atoms.